The molecule has 0 radical (unpaired) electrons. The largest absolute Gasteiger partial charge is 0.503 e. The molecule has 1 heterocycles. The second kappa shape index (κ2) is 11.2. The van der Waals surface area contributed by atoms with Crippen molar-refractivity contribution in [2.75, 3.05) is 19.1 Å². The lowest BCUT2D eigenvalue weighted by Crippen LogP contribution is -2.10. The van der Waals surface area contributed by atoms with E-state index >= 15 is 0 Å². The number of phenols is 1. The zero-order valence-corrected chi connectivity index (χ0v) is 18.6. The van der Waals surface area contributed by atoms with Crippen molar-refractivity contribution < 1.29 is 14.6 Å². The number of unbranched alkanes of at least 4 members (excludes halogenated alkanes) is 2. The van der Waals surface area contributed by atoms with Crippen LogP contribution in [0.5, 0.6) is 17.2 Å². The van der Waals surface area contributed by atoms with E-state index in [9.17, 15) is 9.90 Å². The number of ether oxygens (including phenoxy) is 2. The van der Waals surface area contributed by atoms with Crippen LogP contribution in [0.3, 0.4) is 0 Å². The first-order valence-corrected chi connectivity index (χ1v) is 10.6. The lowest BCUT2D eigenvalue weighted by Gasteiger charge is -2.09. The molecule has 2 aromatic carbocycles. The minimum absolute atomic E-state index is 0.140. The smallest absolute Gasteiger partial charge is 0.266 e. The molecule has 3 N–H and O–H groups in total. The fourth-order valence-corrected chi connectivity index (χ4v) is 3.18. The first kappa shape index (κ1) is 23.1. The van der Waals surface area contributed by atoms with Gasteiger partial charge in [0.2, 0.25) is 0 Å². The maximum atomic E-state index is 11.8. The number of phenolic OH excluding ortho intramolecular Hbond substituents is 1. The zero-order chi connectivity index (χ0) is 22.9. The van der Waals surface area contributed by atoms with Crippen LogP contribution < -0.4 is 20.5 Å². The Morgan fingerprint density at radius 1 is 1.22 bits per heavy atom. The summed E-state index contributed by atoms with van der Waals surface area (Å²) in [4.78, 5) is 11.8. The fraction of sp³-hybridized carbons (Fsp3) is 0.261. The molecule has 0 aliphatic rings. The van der Waals surface area contributed by atoms with E-state index in [-0.39, 0.29) is 22.1 Å². The Labute approximate surface area is 190 Å². The van der Waals surface area contributed by atoms with E-state index in [1.807, 2.05) is 24.3 Å². The van der Waals surface area contributed by atoms with Gasteiger partial charge in [0, 0.05) is 11.6 Å². The summed E-state index contributed by atoms with van der Waals surface area (Å²) in [5, 5.41) is 20.8. The minimum Gasteiger partial charge on any atom is -0.503 e. The summed E-state index contributed by atoms with van der Waals surface area (Å²) < 4.78 is 10.8. The van der Waals surface area contributed by atoms with Crippen LogP contribution in [0.2, 0.25) is 5.02 Å². The summed E-state index contributed by atoms with van der Waals surface area (Å²) >= 11 is 6.00. The van der Waals surface area contributed by atoms with E-state index in [1.165, 1.54) is 19.4 Å². The number of aromatic nitrogens is 2. The predicted molar refractivity (Wildman–Crippen MR) is 126 cm³/mol. The number of halogens is 1. The van der Waals surface area contributed by atoms with E-state index in [0.29, 0.717) is 23.6 Å². The average molecular weight is 457 g/mol. The summed E-state index contributed by atoms with van der Waals surface area (Å²) in [5.41, 5.74) is 4.82. The number of hydrogen-bond acceptors (Lipinski definition) is 7. The van der Waals surface area contributed by atoms with Crippen molar-refractivity contribution in [3.05, 3.63) is 63.4 Å². The van der Waals surface area contributed by atoms with Crippen molar-refractivity contribution in [3.63, 3.8) is 0 Å². The number of rotatable bonds is 10. The van der Waals surface area contributed by atoms with Crippen molar-refractivity contribution in [1.29, 1.82) is 0 Å². The van der Waals surface area contributed by atoms with Gasteiger partial charge in [-0.3, -0.25) is 10.2 Å². The van der Waals surface area contributed by atoms with Crippen molar-refractivity contribution in [3.8, 4) is 28.5 Å². The molecule has 0 saturated carbocycles. The van der Waals surface area contributed by atoms with Gasteiger partial charge in [0.25, 0.3) is 5.56 Å². The highest BCUT2D eigenvalue weighted by molar-refractivity contribution is 6.32. The Bertz CT molecular complexity index is 1130. The molecule has 0 saturated heterocycles. The molecule has 0 atom stereocenters. The lowest BCUT2D eigenvalue weighted by molar-refractivity contribution is 0.306. The molecule has 1 aromatic heterocycles. The van der Waals surface area contributed by atoms with Crippen LogP contribution in [0.15, 0.2) is 52.4 Å². The van der Waals surface area contributed by atoms with Crippen molar-refractivity contribution in [2.24, 2.45) is 5.10 Å². The van der Waals surface area contributed by atoms with Crippen LogP contribution in [0.1, 0.15) is 31.7 Å². The van der Waals surface area contributed by atoms with Crippen LogP contribution in [0.25, 0.3) is 11.3 Å². The third kappa shape index (κ3) is 6.01. The number of nitrogens with zero attached hydrogens (tertiary/aromatic N) is 2. The van der Waals surface area contributed by atoms with Gasteiger partial charge in [0.1, 0.15) is 11.4 Å². The molecule has 0 aliphatic carbocycles. The topological polar surface area (TPSA) is 109 Å². The molecule has 0 amide bonds. The maximum absolute atomic E-state index is 11.8. The van der Waals surface area contributed by atoms with Gasteiger partial charge in [-0.25, -0.2) is 5.10 Å². The predicted octanol–water partition coefficient (Wildman–Crippen LogP) is 4.82. The molecule has 0 bridgehead atoms. The number of benzene rings is 2. The molecule has 0 spiro atoms. The average Bonchev–Trinajstić information content (AvgIpc) is 2.79. The van der Waals surface area contributed by atoms with Gasteiger partial charge >= 0.3 is 0 Å². The summed E-state index contributed by atoms with van der Waals surface area (Å²) in [5.74, 6) is 0.868. The second-order valence-electron chi connectivity index (χ2n) is 7.00. The van der Waals surface area contributed by atoms with Crippen LogP contribution in [0, 0.1) is 0 Å². The molecule has 8 nitrogen and oxygen atoms in total. The molecule has 3 rings (SSSR count). The Balaban J connectivity index is 1.76. The number of H-pyrrole nitrogens is 1. The van der Waals surface area contributed by atoms with Gasteiger partial charge < -0.3 is 14.6 Å². The number of anilines is 1. The van der Waals surface area contributed by atoms with Gasteiger partial charge in [0.05, 0.1) is 30.6 Å². The highest BCUT2D eigenvalue weighted by Gasteiger charge is 2.10. The summed E-state index contributed by atoms with van der Waals surface area (Å²) in [6, 6.07) is 12.0. The quantitative estimate of drug-likeness (QED) is 0.229. The van der Waals surface area contributed by atoms with Gasteiger partial charge in [0.15, 0.2) is 11.5 Å². The van der Waals surface area contributed by atoms with E-state index in [1.54, 1.807) is 12.1 Å². The molecule has 0 fully saturated rings. The van der Waals surface area contributed by atoms with Crippen LogP contribution >= 0.6 is 11.6 Å². The SMILES string of the molecule is CCCCCOc1ccc(-c2n[nH]c(=O)cc2N/N=C/c2cc(Cl)c(O)c(OC)c2)cc1. The molecular weight excluding hydrogens is 432 g/mol. The van der Waals surface area contributed by atoms with E-state index in [0.717, 1.165) is 30.6 Å². The Morgan fingerprint density at radius 3 is 2.72 bits per heavy atom. The molecular formula is C23H25ClN4O4. The van der Waals surface area contributed by atoms with Gasteiger partial charge in [-0.2, -0.15) is 10.2 Å². The van der Waals surface area contributed by atoms with Crippen molar-refractivity contribution in [1.82, 2.24) is 10.2 Å². The van der Waals surface area contributed by atoms with Gasteiger partial charge in [-0.05, 0) is 48.4 Å². The third-order valence-electron chi connectivity index (χ3n) is 4.62. The molecule has 168 valence electrons. The van der Waals surface area contributed by atoms with E-state index in [4.69, 9.17) is 21.1 Å². The molecule has 3 aromatic rings. The lowest BCUT2D eigenvalue weighted by atomic mass is 10.1. The minimum atomic E-state index is -0.364. The molecule has 9 heteroatoms. The number of hydrazone groups is 1. The van der Waals surface area contributed by atoms with E-state index in [2.05, 4.69) is 27.6 Å². The third-order valence-corrected chi connectivity index (χ3v) is 4.91. The van der Waals surface area contributed by atoms with Gasteiger partial charge in [-0.1, -0.05) is 31.4 Å². The van der Waals surface area contributed by atoms with Crippen LogP contribution in [-0.2, 0) is 0 Å². The Kier molecular flexibility index (Phi) is 8.10. The number of aromatic amines is 1. The normalized spacial score (nSPS) is 11.0. The standard InChI is InChI=1S/C23H25ClN4O4/c1-3-4-5-10-32-17-8-6-16(7-9-17)22-19(13-21(29)27-28-22)26-25-14-15-11-18(24)23(30)20(12-15)31-2/h6-9,11-14,30H,3-5,10H2,1-2H3,(H2,26,27,29)/b25-14+. The molecule has 0 aliphatic heterocycles. The molecule has 32 heavy (non-hydrogen) atoms. The van der Waals surface area contributed by atoms with Gasteiger partial charge in [-0.15, -0.1) is 0 Å². The maximum Gasteiger partial charge on any atom is 0.266 e. The number of aromatic hydroxyl groups is 1. The van der Waals surface area contributed by atoms with Crippen LogP contribution in [0.4, 0.5) is 5.69 Å². The second-order valence-corrected chi connectivity index (χ2v) is 7.41. The monoisotopic (exact) mass is 456 g/mol. The van der Waals surface area contributed by atoms with E-state index < -0.39 is 0 Å². The van der Waals surface area contributed by atoms with Crippen molar-refractivity contribution in [2.45, 2.75) is 26.2 Å². The Hall–Kier alpha value is -3.52. The zero-order valence-electron chi connectivity index (χ0n) is 17.9. The highest BCUT2D eigenvalue weighted by atomic mass is 35.5. The fourth-order valence-electron chi connectivity index (χ4n) is 2.96. The summed E-state index contributed by atoms with van der Waals surface area (Å²) in [7, 11) is 1.43. The van der Waals surface area contributed by atoms with Crippen LogP contribution in [-0.4, -0.2) is 35.2 Å². The number of nitrogens with one attached hydrogen (secondary N) is 2. The molecule has 0 unspecified atom stereocenters. The highest BCUT2D eigenvalue weighted by Crippen LogP contribution is 2.34. The first-order chi connectivity index (χ1) is 15.5. The first-order valence-electron chi connectivity index (χ1n) is 10.2. The Morgan fingerprint density at radius 2 is 2.00 bits per heavy atom. The number of methoxy groups -OCH3 is 1. The number of hydrogen-bond donors (Lipinski definition) is 3. The summed E-state index contributed by atoms with van der Waals surface area (Å²) in [6.45, 7) is 2.83. The summed E-state index contributed by atoms with van der Waals surface area (Å²) in [6.07, 6.45) is 4.79. The van der Waals surface area contributed by atoms with Crippen molar-refractivity contribution >= 4 is 23.5 Å².